The predicted octanol–water partition coefficient (Wildman–Crippen LogP) is 2.29. The highest BCUT2D eigenvalue weighted by Crippen LogP contribution is 2.31. The molecule has 0 saturated heterocycles. The van der Waals surface area contributed by atoms with E-state index in [1.54, 1.807) is 41.9 Å². The minimum atomic E-state index is -0.688. The monoisotopic (exact) mass is 446 g/mol. The molecule has 0 heterocycles. The molecule has 0 spiro atoms. The van der Waals surface area contributed by atoms with Crippen molar-refractivity contribution in [3.63, 3.8) is 0 Å². The number of anilines is 2. The maximum atomic E-state index is 12.7. The third kappa shape index (κ3) is 5.60. The highest BCUT2D eigenvalue weighted by Gasteiger charge is 2.16. The average molecular weight is 446 g/mol. The third-order valence-corrected chi connectivity index (χ3v) is 4.88. The summed E-state index contributed by atoms with van der Waals surface area (Å²) in [4.78, 5) is 48.7. The average Bonchev–Trinajstić information content (AvgIpc) is 2.83. The molecule has 0 aromatic heterocycles. The molecule has 9 heteroatoms. The number of aryl methyl sites for hydroxylation is 1. The molecule has 4 amide bonds. The van der Waals surface area contributed by atoms with Crippen molar-refractivity contribution in [2.75, 3.05) is 11.4 Å². The van der Waals surface area contributed by atoms with Gasteiger partial charge in [0.1, 0.15) is 0 Å². The lowest BCUT2D eigenvalue weighted by molar-refractivity contribution is -0.117. The highest BCUT2D eigenvalue weighted by atomic mass is 16.5. The summed E-state index contributed by atoms with van der Waals surface area (Å²) in [5.74, 6) is -1.89. The van der Waals surface area contributed by atoms with Gasteiger partial charge in [-0.3, -0.25) is 29.3 Å². The number of rotatable bonds is 8. The van der Waals surface area contributed by atoms with E-state index in [1.165, 1.54) is 23.1 Å². The third-order valence-electron chi connectivity index (χ3n) is 4.88. The Morgan fingerprint density at radius 3 is 2.12 bits per heavy atom. The second-order valence-corrected chi connectivity index (χ2v) is 7.25. The lowest BCUT2D eigenvalue weighted by atomic mass is 9.99. The van der Waals surface area contributed by atoms with Crippen molar-refractivity contribution in [2.45, 2.75) is 6.92 Å². The van der Waals surface area contributed by atoms with Gasteiger partial charge in [0.05, 0.1) is 12.2 Å². The fraction of sp³-hybridized carbons (Fsp3) is 0.0833. The van der Waals surface area contributed by atoms with Crippen LogP contribution in [0, 0.1) is 6.92 Å². The standard InChI is InChI=1S/C24H22N4O5/c1-15-2-8-20(9-3-15)28(14-29)21-11-18(10-19(12-21)23(31)26-13-22(25)30)16-4-6-17(7-5-16)24(32)27-33/h2-12,14,33H,13H2,1H3,(H2,25,30)(H,26,31)(H,27,32). The van der Waals surface area contributed by atoms with Gasteiger partial charge in [0.15, 0.2) is 0 Å². The van der Waals surface area contributed by atoms with Crippen LogP contribution < -0.4 is 21.4 Å². The van der Waals surface area contributed by atoms with Crippen molar-refractivity contribution in [1.29, 1.82) is 0 Å². The first-order valence-corrected chi connectivity index (χ1v) is 9.90. The molecule has 0 aliphatic heterocycles. The second-order valence-electron chi connectivity index (χ2n) is 7.25. The molecule has 0 fully saturated rings. The molecule has 3 rings (SSSR count). The lowest BCUT2D eigenvalue weighted by Crippen LogP contribution is -2.33. The first kappa shape index (κ1) is 23.2. The number of primary amides is 1. The summed E-state index contributed by atoms with van der Waals surface area (Å²) in [5.41, 5.74) is 10.4. The van der Waals surface area contributed by atoms with Crippen LogP contribution in [0.1, 0.15) is 26.3 Å². The molecule has 5 N–H and O–H groups in total. The number of nitrogens with zero attached hydrogens (tertiary/aromatic N) is 1. The van der Waals surface area contributed by atoms with Gasteiger partial charge >= 0.3 is 0 Å². The summed E-state index contributed by atoms with van der Waals surface area (Å²) in [6.07, 6.45) is 0.642. The van der Waals surface area contributed by atoms with Crippen molar-refractivity contribution >= 4 is 35.5 Å². The Balaban J connectivity index is 2.08. The van der Waals surface area contributed by atoms with Gasteiger partial charge in [-0.15, -0.1) is 0 Å². The van der Waals surface area contributed by atoms with E-state index in [9.17, 15) is 19.2 Å². The summed E-state index contributed by atoms with van der Waals surface area (Å²) in [6.45, 7) is 1.59. The Kier molecular flexibility index (Phi) is 7.17. The number of carbonyl (C=O) groups excluding carboxylic acids is 4. The van der Waals surface area contributed by atoms with E-state index < -0.39 is 17.7 Å². The van der Waals surface area contributed by atoms with Gasteiger partial charge < -0.3 is 11.1 Å². The molecule has 3 aromatic carbocycles. The van der Waals surface area contributed by atoms with E-state index in [-0.39, 0.29) is 17.7 Å². The van der Waals surface area contributed by atoms with E-state index in [0.717, 1.165) is 5.56 Å². The summed E-state index contributed by atoms with van der Waals surface area (Å²) >= 11 is 0. The second kappa shape index (κ2) is 10.2. The number of hydrogen-bond donors (Lipinski definition) is 4. The van der Waals surface area contributed by atoms with Crippen LogP contribution in [0.2, 0.25) is 0 Å². The number of hydrogen-bond acceptors (Lipinski definition) is 5. The predicted molar refractivity (Wildman–Crippen MR) is 122 cm³/mol. The maximum Gasteiger partial charge on any atom is 0.274 e. The van der Waals surface area contributed by atoms with E-state index in [0.29, 0.717) is 28.9 Å². The van der Waals surface area contributed by atoms with Crippen molar-refractivity contribution in [2.24, 2.45) is 5.73 Å². The van der Waals surface area contributed by atoms with E-state index in [1.807, 2.05) is 19.1 Å². The normalized spacial score (nSPS) is 10.2. The van der Waals surface area contributed by atoms with Gasteiger partial charge in [-0.1, -0.05) is 29.8 Å². The van der Waals surface area contributed by atoms with Crippen molar-refractivity contribution in [1.82, 2.24) is 10.8 Å². The zero-order valence-electron chi connectivity index (χ0n) is 17.7. The maximum absolute atomic E-state index is 12.7. The van der Waals surface area contributed by atoms with Gasteiger partial charge in [0.25, 0.3) is 11.8 Å². The van der Waals surface area contributed by atoms with Gasteiger partial charge in [0, 0.05) is 16.8 Å². The highest BCUT2D eigenvalue weighted by molar-refractivity contribution is 6.00. The number of hydroxylamine groups is 1. The van der Waals surface area contributed by atoms with Crippen LogP contribution in [0.15, 0.2) is 66.7 Å². The van der Waals surface area contributed by atoms with Crippen molar-refractivity contribution < 1.29 is 24.4 Å². The first-order valence-electron chi connectivity index (χ1n) is 9.90. The molecule has 0 radical (unpaired) electrons. The molecule has 0 atom stereocenters. The van der Waals surface area contributed by atoms with Gasteiger partial charge in [-0.2, -0.15) is 0 Å². The molecule has 168 valence electrons. The SMILES string of the molecule is Cc1ccc(N(C=O)c2cc(C(=O)NCC(N)=O)cc(-c3ccc(C(=O)NO)cc3)c2)cc1. The summed E-state index contributed by atoms with van der Waals surface area (Å²) in [6, 6.07) is 18.5. The summed E-state index contributed by atoms with van der Waals surface area (Å²) in [7, 11) is 0. The molecule has 0 saturated carbocycles. The van der Waals surface area contributed by atoms with Crippen LogP contribution in [0.4, 0.5) is 11.4 Å². The van der Waals surface area contributed by atoms with Crippen LogP contribution in [-0.2, 0) is 9.59 Å². The molecule has 33 heavy (non-hydrogen) atoms. The zero-order valence-corrected chi connectivity index (χ0v) is 17.7. The number of nitrogens with one attached hydrogen (secondary N) is 2. The quantitative estimate of drug-likeness (QED) is 0.239. The fourth-order valence-electron chi connectivity index (χ4n) is 3.17. The first-order chi connectivity index (χ1) is 15.8. The van der Waals surface area contributed by atoms with E-state index >= 15 is 0 Å². The number of nitrogens with two attached hydrogens (primary N) is 1. The van der Waals surface area contributed by atoms with Crippen molar-refractivity contribution in [3.8, 4) is 11.1 Å². The minimum absolute atomic E-state index is 0.208. The summed E-state index contributed by atoms with van der Waals surface area (Å²) < 4.78 is 0. The zero-order chi connectivity index (χ0) is 24.0. The molecule has 0 unspecified atom stereocenters. The van der Waals surface area contributed by atoms with Gasteiger partial charge in [-0.25, -0.2) is 5.48 Å². The Bertz CT molecular complexity index is 1190. The molecule has 3 aromatic rings. The molecule has 9 nitrogen and oxygen atoms in total. The smallest absolute Gasteiger partial charge is 0.274 e. The Labute approximate surface area is 189 Å². The van der Waals surface area contributed by atoms with Crippen molar-refractivity contribution in [3.05, 3.63) is 83.4 Å². The number of carbonyl (C=O) groups is 4. The molecule has 0 bridgehead atoms. The number of benzene rings is 3. The Hall–Kier alpha value is -4.50. The molecular formula is C24H22N4O5. The van der Waals surface area contributed by atoms with E-state index in [4.69, 9.17) is 10.9 Å². The van der Waals surface area contributed by atoms with Crippen LogP contribution in [0.3, 0.4) is 0 Å². The molecule has 0 aliphatic rings. The molecular weight excluding hydrogens is 424 g/mol. The van der Waals surface area contributed by atoms with Gasteiger partial charge in [0.2, 0.25) is 12.3 Å². The van der Waals surface area contributed by atoms with Crippen LogP contribution in [0.25, 0.3) is 11.1 Å². The number of amides is 4. The minimum Gasteiger partial charge on any atom is -0.368 e. The van der Waals surface area contributed by atoms with Crippen LogP contribution in [-0.4, -0.2) is 35.9 Å². The lowest BCUT2D eigenvalue weighted by Gasteiger charge is -2.20. The van der Waals surface area contributed by atoms with E-state index in [2.05, 4.69) is 5.32 Å². The fourth-order valence-corrected chi connectivity index (χ4v) is 3.17. The largest absolute Gasteiger partial charge is 0.368 e. The van der Waals surface area contributed by atoms with Crippen LogP contribution in [0.5, 0.6) is 0 Å². The Morgan fingerprint density at radius 2 is 1.55 bits per heavy atom. The molecule has 0 aliphatic carbocycles. The van der Waals surface area contributed by atoms with Gasteiger partial charge in [-0.05, 0) is 60.5 Å². The topological polar surface area (TPSA) is 142 Å². The Morgan fingerprint density at radius 1 is 0.879 bits per heavy atom. The van der Waals surface area contributed by atoms with Crippen LogP contribution >= 0.6 is 0 Å². The summed E-state index contributed by atoms with van der Waals surface area (Å²) in [5, 5.41) is 11.2.